The van der Waals surface area contributed by atoms with Gasteiger partial charge in [0.25, 0.3) is 0 Å². The number of fused-ring (bicyclic) bond motifs is 1. The molecule has 184 valence electrons. The molecule has 3 aliphatic rings. The van der Waals surface area contributed by atoms with Gasteiger partial charge >= 0.3 is 5.97 Å². The Morgan fingerprint density at radius 3 is 2.85 bits per heavy atom. The second kappa shape index (κ2) is 10.4. The number of aromatic nitrogens is 3. The Morgan fingerprint density at radius 2 is 2.12 bits per heavy atom. The maximum Gasteiger partial charge on any atom is 0.341 e. The quantitative estimate of drug-likeness (QED) is 0.399. The molecule has 10 heteroatoms. The zero-order valence-corrected chi connectivity index (χ0v) is 21.4. The minimum atomic E-state index is -0.345. The number of nitrogens with one attached hydrogen (secondary N) is 1. The van der Waals surface area contributed by atoms with E-state index in [-0.39, 0.29) is 23.7 Å². The monoisotopic (exact) mass is 504 g/mol. The molecule has 1 aliphatic heterocycles. The fourth-order valence-electron chi connectivity index (χ4n) is 4.76. The van der Waals surface area contributed by atoms with Crippen LogP contribution >= 0.6 is 23.1 Å². The molecule has 2 aromatic heterocycles. The lowest BCUT2D eigenvalue weighted by Crippen LogP contribution is -2.19. The minimum Gasteiger partial charge on any atom is -0.462 e. The Hall–Kier alpha value is -1.91. The molecule has 2 aromatic rings. The summed E-state index contributed by atoms with van der Waals surface area (Å²) >= 11 is 2.91. The molecular formula is C24H32N4O4S2. The van der Waals surface area contributed by atoms with Crippen LogP contribution < -0.4 is 5.32 Å². The van der Waals surface area contributed by atoms with Crippen molar-refractivity contribution < 1.29 is 19.1 Å². The summed E-state index contributed by atoms with van der Waals surface area (Å²) in [6, 6.07) is 0. The average Bonchev–Trinajstić information content (AvgIpc) is 3.21. The molecular weight excluding hydrogens is 472 g/mol. The summed E-state index contributed by atoms with van der Waals surface area (Å²) in [5, 5.41) is 13.2. The van der Waals surface area contributed by atoms with Crippen LogP contribution in [0.15, 0.2) is 5.16 Å². The van der Waals surface area contributed by atoms with E-state index in [1.54, 1.807) is 6.92 Å². The molecule has 1 saturated heterocycles. The lowest BCUT2D eigenvalue weighted by molar-refractivity contribution is -0.113. The number of thioether (sulfide) groups is 1. The standard InChI is InChI=1S/C24H32N4O4S2/c1-3-31-23(30)20-17-9-6-14(2)11-18(17)34-22(20)25-19(29)13-33-24-27-26-21(15-7-8-15)28(24)12-16-5-4-10-32-16/h14-16H,3-13H2,1-2H3,(H,25,29)/t14-,16+/m1/s1. The summed E-state index contributed by atoms with van der Waals surface area (Å²) in [6.45, 7) is 5.89. The van der Waals surface area contributed by atoms with E-state index < -0.39 is 0 Å². The fourth-order valence-corrected chi connectivity index (χ4v) is 6.93. The Bertz CT molecular complexity index is 1060. The first kappa shape index (κ1) is 23.8. The third-order valence-corrected chi connectivity index (χ3v) is 8.81. The number of amides is 1. The zero-order chi connectivity index (χ0) is 23.7. The van der Waals surface area contributed by atoms with Crippen LogP contribution in [0.1, 0.15) is 78.5 Å². The molecule has 2 aliphatic carbocycles. The van der Waals surface area contributed by atoms with Gasteiger partial charge in [0, 0.05) is 17.4 Å². The van der Waals surface area contributed by atoms with E-state index >= 15 is 0 Å². The maximum atomic E-state index is 12.9. The number of carbonyl (C=O) groups excluding carboxylic acids is 2. The van der Waals surface area contributed by atoms with E-state index in [2.05, 4.69) is 27.0 Å². The summed E-state index contributed by atoms with van der Waals surface area (Å²) in [4.78, 5) is 26.9. The number of nitrogens with zero attached hydrogens (tertiary/aromatic N) is 3. The van der Waals surface area contributed by atoms with Gasteiger partial charge in [-0.25, -0.2) is 4.79 Å². The van der Waals surface area contributed by atoms with Crippen molar-refractivity contribution in [3.63, 3.8) is 0 Å². The highest BCUT2D eigenvalue weighted by Crippen LogP contribution is 2.41. The molecule has 8 nitrogen and oxygen atoms in total. The van der Waals surface area contributed by atoms with Gasteiger partial charge in [-0.2, -0.15) is 0 Å². The van der Waals surface area contributed by atoms with Crippen molar-refractivity contribution >= 4 is 40.0 Å². The molecule has 0 aromatic carbocycles. The van der Waals surface area contributed by atoms with Gasteiger partial charge in [0.15, 0.2) is 5.16 Å². The Labute approximate surface area is 208 Å². The highest BCUT2D eigenvalue weighted by atomic mass is 32.2. The number of esters is 1. The molecule has 0 radical (unpaired) electrons. The minimum absolute atomic E-state index is 0.151. The summed E-state index contributed by atoms with van der Waals surface area (Å²) in [7, 11) is 0. The third-order valence-electron chi connectivity index (χ3n) is 6.67. The van der Waals surface area contributed by atoms with E-state index in [4.69, 9.17) is 9.47 Å². The molecule has 34 heavy (non-hydrogen) atoms. The second-order valence-electron chi connectivity index (χ2n) is 9.47. The van der Waals surface area contributed by atoms with Crippen LogP contribution in [-0.4, -0.2) is 51.7 Å². The van der Waals surface area contributed by atoms with E-state index in [0.717, 1.165) is 74.6 Å². The predicted molar refractivity (Wildman–Crippen MR) is 132 cm³/mol. The molecule has 0 unspecified atom stereocenters. The van der Waals surface area contributed by atoms with Crippen molar-refractivity contribution in [3.05, 3.63) is 21.8 Å². The van der Waals surface area contributed by atoms with Crippen molar-refractivity contribution in [2.45, 2.75) is 82.5 Å². The first-order valence-corrected chi connectivity index (χ1v) is 14.1. The van der Waals surface area contributed by atoms with Crippen molar-refractivity contribution in [1.82, 2.24) is 14.8 Å². The molecule has 1 saturated carbocycles. The van der Waals surface area contributed by atoms with Gasteiger partial charge in [0.05, 0.1) is 30.6 Å². The van der Waals surface area contributed by atoms with Crippen molar-refractivity contribution in [2.75, 3.05) is 24.3 Å². The predicted octanol–water partition coefficient (Wildman–Crippen LogP) is 4.43. The van der Waals surface area contributed by atoms with Crippen LogP contribution in [-0.2, 0) is 33.7 Å². The molecule has 1 N–H and O–H groups in total. The number of carbonyl (C=O) groups is 2. The molecule has 5 rings (SSSR count). The van der Waals surface area contributed by atoms with Crippen LogP contribution in [0.2, 0.25) is 0 Å². The van der Waals surface area contributed by atoms with Crippen molar-refractivity contribution in [3.8, 4) is 0 Å². The molecule has 0 spiro atoms. The Morgan fingerprint density at radius 1 is 1.26 bits per heavy atom. The topological polar surface area (TPSA) is 95.3 Å². The lowest BCUT2D eigenvalue weighted by Gasteiger charge is -2.18. The van der Waals surface area contributed by atoms with Crippen LogP contribution in [0.3, 0.4) is 0 Å². The number of ether oxygens (including phenoxy) is 2. The zero-order valence-electron chi connectivity index (χ0n) is 19.8. The summed E-state index contributed by atoms with van der Waals surface area (Å²) in [6.07, 6.45) is 7.45. The first-order chi connectivity index (χ1) is 16.5. The Balaban J connectivity index is 1.28. The van der Waals surface area contributed by atoms with Gasteiger partial charge in [-0.05, 0) is 63.4 Å². The van der Waals surface area contributed by atoms with Crippen molar-refractivity contribution in [2.24, 2.45) is 5.92 Å². The average molecular weight is 505 g/mol. The first-order valence-electron chi connectivity index (χ1n) is 12.3. The molecule has 1 amide bonds. The van der Waals surface area contributed by atoms with Gasteiger partial charge in [0.2, 0.25) is 5.91 Å². The van der Waals surface area contributed by atoms with Crippen LogP contribution in [0, 0.1) is 5.92 Å². The van der Waals surface area contributed by atoms with E-state index in [1.807, 2.05) is 0 Å². The van der Waals surface area contributed by atoms with Crippen LogP contribution in [0.5, 0.6) is 0 Å². The van der Waals surface area contributed by atoms with Crippen LogP contribution in [0.4, 0.5) is 5.00 Å². The summed E-state index contributed by atoms with van der Waals surface area (Å²) in [5.41, 5.74) is 1.60. The van der Waals surface area contributed by atoms with E-state index in [0.29, 0.717) is 29.0 Å². The number of rotatable bonds is 9. The van der Waals surface area contributed by atoms with Crippen molar-refractivity contribution in [1.29, 1.82) is 0 Å². The number of thiophene rings is 1. The van der Waals surface area contributed by atoms with Crippen LogP contribution in [0.25, 0.3) is 0 Å². The number of hydrogen-bond donors (Lipinski definition) is 1. The van der Waals surface area contributed by atoms with Gasteiger partial charge in [-0.1, -0.05) is 18.7 Å². The summed E-state index contributed by atoms with van der Waals surface area (Å²) in [5.74, 6) is 1.78. The highest BCUT2D eigenvalue weighted by molar-refractivity contribution is 7.99. The fraction of sp³-hybridized carbons (Fsp3) is 0.667. The second-order valence-corrected chi connectivity index (χ2v) is 11.5. The maximum absolute atomic E-state index is 12.9. The molecule has 2 fully saturated rings. The SMILES string of the molecule is CCOC(=O)c1c(NC(=O)CSc2nnc(C3CC3)n2C[C@@H]2CCCO2)sc2c1CC[C@@H](C)C2. The lowest BCUT2D eigenvalue weighted by atomic mass is 9.88. The molecule has 2 atom stereocenters. The number of hydrogen-bond acceptors (Lipinski definition) is 8. The molecule has 0 bridgehead atoms. The normalized spacial score (nSPS) is 21.9. The smallest absolute Gasteiger partial charge is 0.341 e. The van der Waals surface area contributed by atoms with E-state index in [1.165, 1.54) is 28.0 Å². The molecule has 3 heterocycles. The van der Waals surface area contributed by atoms with Gasteiger partial charge in [0.1, 0.15) is 10.8 Å². The van der Waals surface area contributed by atoms with E-state index in [9.17, 15) is 9.59 Å². The third kappa shape index (κ3) is 5.18. The Kier molecular flexibility index (Phi) is 7.27. The largest absolute Gasteiger partial charge is 0.462 e. The number of anilines is 1. The van der Waals surface area contributed by atoms with Gasteiger partial charge in [-0.15, -0.1) is 21.5 Å². The highest BCUT2D eigenvalue weighted by Gasteiger charge is 2.32. The van der Waals surface area contributed by atoms with Gasteiger partial charge in [-0.3, -0.25) is 4.79 Å². The van der Waals surface area contributed by atoms with Gasteiger partial charge < -0.3 is 19.4 Å². The summed E-state index contributed by atoms with van der Waals surface area (Å²) < 4.78 is 13.3.